The predicted molar refractivity (Wildman–Crippen MR) is 159 cm³/mol. The van der Waals surface area contributed by atoms with Gasteiger partial charge in [0.15, 0.2) is 0 Å². The molecule has 2 aliphatic rings. The Morgan fingerprint density at radius 1 is 1.05 bits per heavy atom. The second-order valence-electron chi connectivity index (χ2n) is 12.2. The molecule has 15 nitrogen and oxygen atoms in total. The summed E-state index contributed by atoms with van der Waals surface area (Å²) in [6, 6.07) is -3.78. The number of aryl methyl sites for hydroxylation is 2. The van der Waals surface area contributed by atoms with Crippen molar-refractivity contribution < 1.29 is 28.8 Å². The Hall–Kier alpha value is -4.04. The standard InChI is InChI=1S/C29H47N9O6/c1-5-18(4)25-29(44)32-20(27(42)33-21(26(30)41)14-17(2)3)11-13-37-16-19(35-36-37)8-6-10-23(39)31-15-24(40)38-12-7-9-22(38)28(43)34-25/h16-18,20-22,25H,5-15H2,1-4H3,(H2,30,41)(H,31,39)(H,32,44)(H,33,42)(H,34,43)/t18-,20-,21-,22-,25-/m0/s1. The molecule has 5 atom stereocenters. The molecule has 6 N–H and O–H groups in total. The van der Waals surface area contributed by atoms with E-state index in [4.69, 9.17) is 5.73 Å². The van der Waals surface area contributed by atoms with Crippen LogP contribution in [-0.2, 0) is 41.7 Å². The molecule has 0 aliphatic carbocycles. The van der Waals surface area contributed by atoms with E-state index in [1.54, 1.807) is 10.9 Å². The summed E-state index contributed by atoms with van der Waals surface area (Å²) >= 11 is 0. The lowest BCUT2D eigenvalue weighted by Crippen LogP contribution is -2.59. The van der Waals surface area contributed by atoms with Crippen LogP contribution in [0, 0.1) is 11.8 Å². The summed E-state index contributed by atoms with van der Waals surface area (Å²) in [5.41, 5.74) is 6.21. The quantitative estimate of drug-likeness (QED) is 0.259. The number of nitrogens with one attached hydrogen (secondary N) is 4. The summed E-state index contributed by atoms with van der Waals surface area (Å²) < 4.78 is 1.54. The van der Waals surface area contributed by atoms with Gasteiger partial charge in [-0.2, -0.15) is 0 Å². The number of rotatable bonds is 7. The number of fused-ring (bicyclic) bond motifs is 3. The van der Waals surface area contributed by atoms with E-state index < -0.39 is 47.8 Å². The van der Waals surface area contributed by atoms with Gasteiger partial charge in [-0.15, -0.1) is 5.10 Å². The van der Waals surface area contributed by atoms with Crippen molar-refractivity contribution >= 4 is 35.4 Å². The predicted octanol–water partition coefficient (Wildman–Crippen LogP) is -0.856. The minimum Gasteiger partial charge on any atom is -0.368 e. The molecule has 2 aliphatic heterocycles. The van der Waals surface area contributed by atoms with Crippen LogP contribution >= 0.6 is 0 Å². The fourth-order valence-corrected chi connectivity index (χ4v) is 5.43. The van der Waals surface area contributed by atoms with E-state index in [1.807, 2.05) is 27.7 Å². The fraction of sp³-hybridized carbons (Fsp3) is 0.724. The molecule has 15 heteroatoms. The normalized spacial score (nSPS) is 24.0. The van der Waals surface area contributed by atoms with Crippen LogP contribution in [0.1, 0.15) is 78.3 Å². The summed E-state index contributed by atoms with van der Waals surface area (Å²) in [5, 5.41) is 19.2. The molecule has 2 bridgehead atoms. The van der Waals surface area contributed by atoms with Gasteiger partial charge in [-0.25, -0.2) is 0 Å². The highest BCUT2D eigenvalue weighted by molar-refractivity contribution is 5.96. The topological polar surface area (TPSA) is 211 Å². The van der Waals surface area contributed by atoms with Gasteiger partial charge in [-0.1, -0.05) is 39.3 Å². The van der Waals surface area contributed by atoms with Crippen molar-refractivity contribution in [3.63, 3.8) is 0 Å². The first kappa shape index (κ1) is 34.5. The van der Waals surface area contributed by atoms with Crippen LogP contribution in [-0.4, -0.2) is 92.6 Å². The van der Waals surface area contributed by atoms with E-state index in [0.717, 1.165) is 0 Å². The van der Waals surface area contributed by atoms with Gasteiger partial charge >= 0.3 is 0 Å². The Morgan fingerprint density at radius 3 is 2.48 bits per heavy atom. The van der Waals surface area contributed by atoms with Crippen molar-refractivity contribution in [1.82, 2.24) is 41.2 Å². The molecule has 6 amide bonds. The molecule has 1 aromatic heterocycles. The van der Waals surface area contributed by atoms with Gasteiger partial charge in [0.05, 0.1) is 12.2 Å². The van der Waals surface area contributed by atoms with Crippen molar-refractivity contribution in [2.75, 3.05) is 13.1 Å². The minimum absolute atomic E-state index is 0.0767. The van der Waals surface area contributed by atoms with E-state index in [9.17, 15) is 28.8 Å². The first-order chi connectivity index (χ1) is 20.9. The number of hydrogen-bond donors (Lipinski definition) is 5. The number of aromatic nitrogens is 3. The van der Waals surface area contributed by atoms with E-state index in [1.165, 1.54) is 4.90 Å². The van der Waals surface area contributed by atoms with E-state index in [-0.39, 0.29) is 49.6 Å². The molecule has 0 saturated carbocycles. The van der Waals surface area contributed by atoms with Crippen molar-refractivity contribution in [3.8, 4) is 0 Å². The summed E-state index contributed by atoms with van der Waals surface area (Å²) in [6.45, 7) is 7.85. The summed E-state index contributed by atoms with van der Waals surface area (Å²) in [6.07, 6.45) is 4.87. The first-order valence-electron chi connectivity index (χ1n) is 15.5. The zero-order valence-electron chi connectivity index (χ0n) is 26.1. The average molecular weight is 618 g/mol. The molecule has 0 spiro atoms. The Balaban J connectivity index is 1.90. The van der Waals surface area contributed by atoms with Gasteiger partial charge in [0.2, 0.25) is 35.4 Å². The van der Waals surface area contributed by atoms with E-state index in [2.05, 4.69) is 31.6 Å². The van der Waals surface area contributed by atoms with Crippen LogP contribution in [0.15, 0.2) is 6.20 Å². The number of primary amides is 1. The van der Waals surface area contributed by atoms with Crippen LogP contribution in [0.25, 0.3) is 0 Å². The summed E-state index contributed by atoms with van der Waals surface area (Å²) in [7, 11) is 0. The molecule has 1 aromatic rings. The van der Waals surface area contributed by atoms with Gasteiger partial charge in [0.25, 0.3) is 0 Å². The van der Waals surface area contributed by atoms with Gasteiger partial charge in [0.1, 0.15) is 24.2 Å². The van der Waals surface area contributed by atoms with Crippen LogP contribution in [0.4, 0.5) is 0 Å². The van der Waals surface area contributed by atoms with Crippen LogP contribution in [0.2, 0.25) is 0 Å². The molecule has 1 fully saturated rings. The smallest absolute Gasteiger partial charge is 0.243 e. The number of carbonyl (C=O) groups is 6. The largest absolute Gasteiger partial charge is 0.368 e. The maximum Gasteiger partial charge on any atom is 0.243 e. The Labute approximate surface area is 257 Å². The zero-order chi connectivity index (χ0) is 32.4. The number of hydrogen-bond acceptors (Lipinski definition) is 8. The SMILES string of the molecule is CC[C@H](C)[C@@H]1NC(=O)[C@@H]2CCCN2C(=O)CNC(=O)CCCc2cn(nn2)CC[C@@H](C(=O)N[C@@H](CC(C)C)C(N)=O)NC1=O. The van der Waals surface area contributed by atoms with Crippen molar-refractivity contribution in [2.24, 2.45) is 17.6 Å². The van der Waals surface area contributed by atoms with Gasteiger partial charge in [-0.3, -0.25) is 33.4 Å². The molecule has 244 valence electrons. The monoisotopic (exact) mass is 617 g/mol. The highest BCUT2D eigenvalue weighted by Gasteiger charge is 2.38. The van der Waals surface area contributed by atoms with Crippen molar-refractivity contribution in [1.29, 1.82) is 0 Å². The third-order valence-corrected chi connectivity index (χ3v) is 8.18. The summed E-state index contributed by atoms with van der Waals surface area (Å²) in [5.74, 6) is -3.19. The summed E-state index contributed by atoms with van der Waals surface area (Å²) in [4.78, 5) is 79.5. The molecule has 0 radical (unpaired) electrons. The molecule has 3 rings (SSSR count). The minimum atomic E-state index is -1.08. The van der Waals surface area contributed by atoms with Gasteiger partial charge in [-0.05, 0) is 50.4 Å². The second-order valence-corrected chi connectivity index (χ2v) is 12.2. The highest BCUT2D eigenvalue weighted by atomic mass is 16.2. The van der Waals surface area contributed by atoms with Crippen LogP contribution in [0.3, 0.4) is 0 Å². The molecule has 3 heterocycles. The lowest BCUT2D eigenvalue weighted by Gasteiger charge is -2.30. The Morgan fingerprint density at radius 2 is 1.80 bits per heavy atom. The lowest BCUT2D eigenvalue weighted by molar-refractivity contribution is -0.140. The molecule has 0 aromatic carbocycles. The van der Waals surface area contributed by atoms with E-state index in [0.29, 0.717) is 50.8 Å². The first-order valence-corrected chi connectivity index (χ1v) is 15.5. The number of amides is 6. The molecular weight excluding hydrogens is 570 g/mol. The van der Waals surface area contributed by atoms with E-state index >= 15 is 0 Å². The zero-order valence-corrected chi connectivity index (χ0v) is 26.1. The third kappa shape index (κ3) is 9.74. The molecule has 1 saturated heterocycles. The van der Waals surface area contributed by atoms with Gasteiger partial charge < -0.3 is 31.9 Å². The lowest BCUT2D eigenvalue weighted by atomic mass is 9.97. The number of nitrogens with two attached hydrogens (primary N) is 1. The van der Waals surface area contributed by atoms with Crippen molar-refractivity contribution in [3.05, 3.63) is 11.9 Å². The van der Waals surface area contributed by atoms with Crippen LogP contribution < -0.4 is 27.0 Å². The Bertz CT molecular complexity index is 1200. The van der Waals surface area contributed by atoms with Crippen molar-refractivity contribution in [2.45, 2.75) is 110 Å². The van der Waals surface area contributed by atoms with Gasteiger partial charge in [0, 0.05) is 25.7 Å². The Kier molecular flexibility index (Phi) is 12.6. The molecule has 44 heavy (non-hydrogen) atoms. The number of carbonyl (C=O) groups excluding carboxylic acids is 6. The second kappa shape index (κ2) is 16.1. The van der Waals surface area contributed by atoms with Crippen LogP contribution in [0.5, 0.6) is 0 Å². The molecular formula is C29H47N9O6. The maximum absolute atomic E-state index is 13.7. The maximum atomic E-state index is 13.7. The average Bonchev–Trinajstić information content (AvgIpc) is 3.65. The molecule has 0 unspecified atom stereocenters. The number of nitrogens with zero attached hydrogens (tertiary/aromatic N) is 4. The fourth-order valence-electron chi connectivity index (χ4n) is 5.43. The highest BCUT2D eigenvalue weighted by Crippen LogP contribution is 2.19. The third-order valence-electron chi connectivity index (χ3n) is 8.18.